The van der Waals surface area contributed by atoms with Crippen LogP contribution in [0.2, 0.25) is 0 Å². The molecule has 0 amide bonds. The second-order valence-electron chi connectivity index (χ2n) is 3.74. The number of hydrogen-bond acceptors (Lipinski definition) is 2. The predicted molar refractivity (Wildman–Crippen MR) is 61.4 cm³/mol. The topological polar surface area (TPSA) is 26.3 Å². The van der Waals surface area contributed by atoms with E-state index in [1.807, 2.05) is 39.0 Å². The van der Waals surface area contributed by atoms with Gasteiger partial charge in [0.2, 0.25) is 0 Å². The second-order valence-corrected chi connectivity index (χ2v) is 3.74. The maximum Gasteiger partial charge on any atom is 0.188 e. The van der Waals surface area contributed by atoms with Crippen LogP contribution in [0.3, 0.4) is 0 Å². The van der Waals surface area contributed by atoms with Crippen LogP contribution in [0.5, 0.6) is 0 Å². The third-order valence-corrected chi connectivity index (χ3v) is 2.34. The van der Waals surface area contributed by atoms with Gasteiger partial charge in [-0.15, -0.1) is 0 Å². The van der Waals surface area contributed by atoms with Crippen LogP contribution < -0.4 is 0 Å². The van der Waals surface area contributed by atoms with E-state index in [-0.39, 0.29) is 12.4 Å². The van der Waals surface area contributed by atoms with Crippen molar-refractivity contribution in [1.82, 2.24) is 0 Å². The molecule has 0 atom stereocenters. The molecule has 15 heavy (non-hydrogen) atoms. The summed E-state index contributed by atoms with van der Waals surface area (Å²) in [7, 11) is 0. The summed E-state index contributed by atoms with van der Waals surface area (Å²) in [5.74, 6) is 0.0825. The summed E-state index contributed by atoms with van der Waals surface area (Å²) >= 11 is 0. The van der Waals surface area contributed by atoms with Gasteiger partial charge in [0.05, 0.1) is 0 Å². The number of carbonyl (C=O) groups is 1. The summed E-state index contributed by atoms with van der Waals surface area (Å²) in [6, 6.07) is 5.88. The van der Waals surface area contributed by atoms with E-state index in [1.165, 1.54) is 0 Å². The fourth-order valence-electron chi connectivity index (χ4n) is 1.64. The van der Waals surface area contributed by atoms with Crippen LogP contribution in [-0.2, 0) is 4.74 Å². The number of ether oxygens (including phenoxy) is 1. The minimum atomic E-state index is 0.0825. The molecular weight excluding hydrogens is 188 g/mol. The fourth-order valence-corrected chi connectivity index (χ4v) is 1.64. The van der Waals surface area contributed by atoms with Crippen molar-refractivity contribution < 1.29 is 9.53 Å². The molecule has 0 heterocycles. The van der Waals surface area contributed by atoms with Crippen molar-refractivity contribution in [3.63, 3.8) is 0 Å². The molecule has 0 unspecified atom stereocenters. The van der Waals surface area contributed by atoms with Crippen LogP contribution in [0.25, 0.3) is 0 Å². The highest BCUT2D eigenvalue weighted by Crippen LogP contribution is 2.13. The van der Waals surface area contributed by atoms with Crippen molar-refractivity contribution in [2.75, 3.05) is 13.2 Å². The average molecular weight is 206 g/mol. The van der Waals surface area contributed by atoms with Gasteiger partial charge in [-0.25, -0.2) is 0 Å². The minimum absolute atomic E-state index is 0.0825. The monoisotopic (exact) mass is 206 g/mol. The summed E-state index contributed by atoms with van der Waals surface area (Å²) in [6.07, 6.45) is 0.944. The van der Waals surface area contributed by atoms with Gasteiger partial charge in [-0.2, -0.15) is 0 Å². The lowest BCUT2D eigenvalue weighted by molar-refractivity contribution is 0.0760. The van der Waals surface area contributed by atoms with Crippen molar-refractivity contribution >= 4 is 5.78 Å². The van der Waals surface area contributed by atoms with Gasteiger partial charge in [0.1, 0.15) is 6.61 Å². The maximum absolute atomic E-state index is 11.8. The summed E-state index contributed by atoms with van der Waals surface area (Å²) in [6.45, 7) is 6.79. The van der Waals surface area contributed by atoms with Gasteiger partial charge in [-0.05, 0) is 31.4 Å². The van der Waals surface area contributed by atoms with Crippen molar-refractivity contribution in [2.24, 2.45) is 0 Å². The van der Waals surface area contributed by atoms with Crippen LogP contribution in [0, 0.1) is 13.8 Å². The lowest BCUT2D eigenvalue weighted by Gasteiger charge is -2.08. The van der Waals surface area contributed by atoms with Crippen molar-refractivity contribution in [3.05, 3.63) is 34.9 Å². The van der Waals surface area contributed by atoms with Gasteiger partial charge in [-0.1, -0.05) is 25.1 Å². The summed E-state index contributed by atoms with van der Waals surface area (Å²) in [5.41, 5.74) is 2.87. The number of hydrogen-bond donors (Lipinski definition) is 0. The van der Waals surface area contributed by atoms with Crippen molar-refractivity contribution in [1.29, 1.82) is 0 Å². The summed E-state index contributed by atoms with van der Waals surface area (Å²) in [4.78, 5) is 11.8. The summed E-state index contributed by atoms with van der Waals surface area (Å²) in [5, 5.41) is 0. The van der Waals surface area contributed by atoms with E-state index in [0.29, 0.717) is 6.61 Å². The Labute approximate surface area is 91.3 Å². The molecule has 0 spiro atoms. The number of aryl methyl sites for hydroxylation is 2. The molecule has 0 radical (unpaired) electrons. The van der Waals surface area contributed by atoms with Crippen LogP contribution >= 0.6 is 0 Å². The van der Waals surface area contributed by atoms with Gasteiger partial charge in [-0.3, -0.25) is 4.79 Å². The Morgan fingerprint density at radius 2 is 1.87 bits per heavy atom. The van der Waals surface area contributed by atoms with Crippen LogP contribution in [0.1, 0.15) is 34.8 Å². The first-order valence-electron chi connectivity index (χ1n) is 5.34. The third-order valence-electron chi connectivity index (χ3n) is 2.34. The number of carbonyl (C=O) groups excluding carboxylic acids is 1. The van der Waals surface area contributed by atoms with E-state index in [1.54, 1.807) is 0 Å². The molecule has 0 aromatic heterocycles. The van der Waals surface area contributed by atoms with Gasteiger partial charge in [0.15, 0.2) is 5.78 Å². The molecule has 0 saturated heterocycles. The first kappa shape index (κ1) is 11.9. The second kappa shape index (κ2) is 5.66. The van der Waals surface area contributed by atoms with E-state index in [0.717, 1.165) is 23.1 Å². The normalized spacial score (nSPS) is 10.3. The van der Waals surface area contributed by atoms with E-state index >= 15 is 0 Å². The highest BCUT2D eigenvalue weighted by molar-refractivity contribution is 5.99. The van der Waals surface area contributed by atoms with Crippen LogP contribution in [0.4, 0.5) is 0 Å². The standard InChI is InChI=1S/C13H18O2/c1-4-8-15-9-12(14)13-10(2)6-5-7-11(13)3/h5-7H,4,8-9H2,1-3H3. The molecule has 82 valence electrons. The highest BCUT2D eigenvalue weighted by Gasteiger charge is 2.11. The minimum Gasteiger partial charge on any atom is -0.373 e. The van der Waals surface area contributed by atoms with Gasteiger partial charge in [0.25, 0.3) is 0 Å². The molecule has 0 aliphatic rings. The van der Waals surface area contributed by atoms with E-state index in [2.05, 4.69) is 0 Å². The molecule has 1 rings (SSSR count). The molecule has 2 nitrogen and oxygen atoms in total. The predicted octanol–water partition coefficient (Wildman–Crippen LogP) is 2.91. The SMILES string of the molecule is CCCOCC(=O)c1c(C)cccc1C. The molecule has 0 aliphatic carbocycles. The quantitative estimate of drug-likeness (QED) is 0.547. The van der Waals surface area contributed by atoms with E-state index in [4.69, 9.17) is 4.74 Å². The molecule has 0 saturated carbocycles. The molecule has 0 N–H and O–H groups in total. The lowest BCUT2D eigenvalue weighted by Crippen LogP contribution is -2.12. The first-order valence-corrected chi connectivity index (χ1v) is 5.34. The number of benzene rings is 1. The molecule has 0 bridgehead atoms. The number of rotatable bonds is 5. The van der Waals surface area contributed by atoms with E-state index < -0.39 is 0 Å². The first-order chi connectivity index (χ1) is 7.16. The maximum atomic E-state index is 11.8. The van der Waals surface area contributed by atoms with Crippen LogP contribution in [0.15, 0.2) is 18.2 Å². The summed E-state index contributed by atoms with van der Waals surface area (Å²) < 4.78 is 5.26. The Hall–Kier alpha value is -1.15. The highest BCUT2D eigenvalue weighted by atomic mass is 16.5. The molecule has 0 fully saturated rings. The molecule has 1 aromatic rings. The Morgan fingerprint density at radius 3 is 2.40 bits per heavy atom. The third kappa shape index (κ3) is 3.17. The lowest BCUT2D eigenvalue weighted by atomic mass is 10.00. The molecule has 1 aromatic carbocycles. The molecule has 0 aliphatic heterocycles. The van der Waals surface area contributed by atoms with Crippen molar-refractivity contribution in [3.8, 4) is 0 Å². The molecule has 2 heteroatoms. The van der Waals surface area contributed by atoms with Gasteiger partial charge < -0.3 is 4.74 Å². The van der Waals surface area contributed by atoms with Crippen LogP contribution in [-0.4, -0.2) is 19.0 Å². The van der Waals surface area contributed by atoms with Crippen molar-refractivity contribution in [2.45, 2.75) is 27.2 Å². The average Bonchev–Trinajstić information content (AvgIpc) is 2.18. The Morgan fingerprint density at radius 1 is 1.27 bits per heavy atom. The fraction of sp³-hybridized carbons (Fsp3) is 0.462. The Balaban J connectivity index is 2.73. The number of Topliss-reactive ketones (excluding diaryl/α,β-unsaturated/α-hetero) is 1. The zero-order valence-electron chi connectivity index (χ0n) is 9.67. The zero-order chi connectivity index (χ0) is 11.3. The zero-order valence-corrected chi connectivity index (χ0v) is 9.67. The number of ketones is 1. The Bertz CT molecular complexity index is 322. The van der Waals surface area contributed by atoms with Gasteiger partial charge in [0, 0.05) is 12.2 Å². The van der Waals surface area contributed by atoms with Gasteiger partial charge >= 0.3 is 0 Å². The molecular formula is C13H18O2. The van der Waals surface area contributed by atoms with E-state index in [9.17, 15) is 4.79 Å². The smallest absolute Gasteiger partial charge is 0.188 e. The Kier molecular flexibility index (Phi) is 4.50. The largest absolute Gasteiger partial charge is 0.373 e.